The topological polar surface area (TPSA) is 37.8 Å². The van der Waals surface area contributed by atoms with Gasteiger partial charge in [-0.2, -0.15) is 0 Å². The van der Waals surface area contributed by atoms with Crippen LogP contribution in [-0.4, -0.2) is 16.0 Å². The number of rotatable bonds is 5. The Morgan fingerprint density at radius 3 is 2.50 bits per heavy atom. The van der Waals surface area contributed by atoms with Crippen LogP contribution in [0.15, 0.2) is 6.20 Å². The second kappa shape index (κ2) is 5.83. The molecule has 3 heteroatoms. The molecule has 0 aliphatic heterocycles. The molecule has 0 radical (unpaired) electrons. The van der Waals surface area contributed by atoms with Crippen LogP contribution in [0.4, 0.5) is 5.82 Å². The Labute approximate surface area is 98.7 Å². The molecule has 0 amide bonds. The van der Waals surface area contributed by atoms with Gasteiger partial charge in [0.25, 0.3) is 0 Å². The van der Waals surface area contributed by atoms with Crippen molar-refractivity contribution in [1.82, 2.24) is 9.97 Å². The lowest BCUT2D eigenvalue weighted by Crippen LogP contribution is -2.19. The molecule has 0 bridgehead atoms. The predicted octanol–water partition coefficient (Wildman–Crippen LogP) is 3.33. The van der Waals surface area contributed by atoms with Gasteiger partial charge >= 0.3 is 0 Å². The molecule has 0 saturated heterocycles. The molecule has 3 nitrogen and oxygen atoms in total. The van der Waals surface area contributed by atoms with Crippen molar-refractivity contribution in [2.24, 2.45) is 5.92 Å². The van der Waals surface area contributed by atoms with Crippen LogP contribution in [0.25, 0.3) is 0 Å². The van der Waals surface area contributed by atoms with Crippen molar-refractivity contribution in [1.29, 1.82) is 0 Å². The Morgan fingerprint density at radius 1 is 1.25 bits per heavy atom. The Balaban J connectivity index is 2.56. The maximum Gasteiger partial charge on any atom is 0.145 e. The summed E-state index contributed by atoms with van der Waals surface area (Å²) in [5.74, 6) is 1.64. The minimum absolute atomic E-state index is 0.450. The average molecular weight is 221 g/mol. The largest absolute Gasteiger partial charge is 0.366 e. The van der Waals surface area contributed by atoms with Crippen LogP contribution in [0.2, 0.25) is 0 Å². The smallest absolute Gasteiger partial charge is 0.145 e. The second-order valence-corrected chi connectivity index (χ2v) is 4.72. The molecule has 0 aliphatic carbocycles. The zero-order chi connectivity index (χ0) is 12.1. The zero-order valence-electron chi connectivity index (χ0n) is 11.0. The van der Waals surface area contributed by atoms with E-state index in [2.05, 4.69) is 36.1 Å². The number of hydrogen-bond donors (Lipinski definition) is 1. The fourth-order valence-corrected chi connectivity index (χ4v) is 1.69. The van der Waals surface area contributed by atoms with E-state index < -0.39 is 0 Å². The summed E-state index contributed by atoms with van der Waals surface area (Å²) in [5, 5.41) is 3.40. The highest BCUT2D eigenvalue weighted by Crippen LogP contribution is 2.13. The van der Waals surface area contributed by atoms with Crippen molar-refractivity contribution in [3.05, 3.63) is 17.6 Å². The first-order valence-electron chi connectivity index (χ1n) is 6.09. The van der Waals surface area contributed by atoms with E-state index in [1.54, 1.807) is 0 Å². The molecular weight excluding hydrogens is 198 g/mol. The fourth-order valence-electron chi connectivity index (χ4n) is 1.69. The molecular formula is C13H23N3. The van der Waals surface area contributed by atoms with Crippen LogP contribution in [0.5, 0.6) is 0 Å². The first-order chi connectivity index (χ1) is 7.52. The molecule has 1 heterocycles. The number of aryl methyl sites for hydroxylation is 2. The molecule has 0 aliphatic rings. The van der Waals surface area contributed by atoms with Crippen LogP contribution in [0, 0.1) is 19.8 Å². The molecule has 1 rings (SSSR count). The van der Waals surface area contributed by atoms with Crippen molar-refractivity contribution in [3.8, 4) is 0 Å². The van der Waals surface area contributed by atoms with Crippen LogP contribution in [0.1, 0.15) is 45.0 Å². The first kappa shape index (κ1) is 12.9. The monoisotopic (exact) mass is 221 g/mol. The van der Waals surface area contributed by atoms with Crippen molar-refractivity contribution < 1.29 is 0 Å². The minimum atomic E-state index is 0.450. The quantitative estimate of drug-likeness (QED) is 0.828. The third-order valence-corrected chi connectivity index (χ3v) is 3.04. The van der Waals surface area contributed by atoms with E-state index in [0.29, 0.717) is 6.04 Å². The van der Waals surface area contributed by atoms with Crippen molar-refractivity contribution in [2.75, 3.05) is 5.32 Å². The molecule has 0 aromatic carbocycles. The number of nitrogens with one attached hydrogen (secondary N) is 1. The summed E-state index contributed by atoms with van der Waals surface area (Å²) in [5.41, 5.74) is 2.00. The molecule has 90 valence electrons. The van der Waals surface area contributed by atoms with E-state index in [4.69, 9.17) is 0 Å². The van der Waals surface area contributed by atoms with Crippen molar-refractivity contribution in [2.45, 2.75) is 53.5 Å². The maximum atomic E-state index is 4.47. The molecule has 1 aromatic heterocycles. The number of hydrogen-bond acceptors (Lipinski definition) is 3. The van der Waals surface area contributed by atoms with Gasteiger partial charge in [0.1, 0.15) is 5.82 Å². The van der Waals surface area contributed by atoms with E-state index in [0.717, 1.165) is 23.1 Å². The van der Waals surface area contributed by atoms with Crippen molar-refractivity contribution in [3.63, 3.8) is 0 Å². The lowest BCUT2D eigenvalue weighted by atomic mass is 10.0. The summed E-state index contributed by atoms with van der Waals surface area (Å²) in [6.45, 7) is 10.7. The Morgan fingerprint density at radius 2 is 1.94 bits per heavy atom. The van der Waals surface area contributed by atoms with Gasteiger partial charge in [0.05, 0.1) is 17.6 Å². The van der Waals surface area contributed by atoms with Gasteiger partial charge in [0, 0.05) is 6.04 Å². The Kier molecular flexibility index (Phi) is 4.71. The summed E-state index contributed by atoms with van der Waals surface area (Å²) in [6, 6.07) is 0.450. The summed E-state index contributed by atoms with van der Waals surface area (Å²) in [4.78, 5) is 8.78. The van der Waals surface area contributed by atoms with E-state index in [-0.39, 0.29) is 0 Å². The summed E-state index contributed by atoms with van der Waals surface area (Å²) < 4.78 is 0. The van der Waals surface area contributed by atoms with Gasteiger partial charge in [-0.15, -0.1) is 0 Å². The third kappa shape index (κ3) is 3.80. The molecule has 0 fully saturated rings. The number of nitrogens with zero attached hydrogens (tertiary/aromatic N) is 2. The van der Waals surface area contributed by atoms with Gasteiger partial charge in [-0.05, 0) is 33.1 Å². The molecule has 1 aromatic rings. The van der Waals surface area contributed by atoms with Gasteiger partial charge in [0.2, 0.25) is 0 Å². The highest BCUT2D eigenvalue weighted by Gasteiger charge is 2.08. The summed E-state index contributed by atoms with van der Waals surface area (Å²) >= 11 is 0. The third-order valence-electron chi connectivity index (χ3n) is 3.04. The van der Waals surface area contributed by atoms with Crippen molar-refractivity contribution >= 4 is 5.82 Å². The molecule has 2 unspecified atom stereocenters. The lowest BCUT2D eigenvalue weighted by Gasteiger charge is -2.18. The highest BCUT2D eigenvalue weighted by atomic mass is 15.0. The number of aromatic nitrogens is 2. The minimum Gasteiger partial charge on any atom is -0.366 e. The summed E-state index contributed by atoms with van der Waals surface area (Å²) in [7, 11) is 0. The van der Waals surface area contributed by atoms with Gasteiger partial charge < -0.3 is 5.32 Å². The summed E-state index contributed by atoms with van der Waals surface area (Å²) in [6.07, 6.45) is 4.21. The SMILES string of the molecule is CCC(C)CC(C)Nc1cnc(C)c(C)n1. The highest BCUT2D eigenvalue weighted by molar-refractivity contribution is 5.34. The van der Waals surface area contributed by atoms with Crippen LogP contribution < -0.4 is 5.32 Å². The fraction of sp³-hybridized carbons (Fsp3) is 0.692. The number of anilines is 1. The Bertz CT molecular complexity index is 336. The molecule has 0 spiro atoms. The second-order valence-electron chi connectivity index (χ2n) is 4.72. The van der Waals surface area contributed by atoms with Gasteiger partial charge in [-0.25, -0.2) is 4.98 Å². The molecule has 0 saturated carbocycles. The van der Waals surface area contributed by atoms with Crippen LogP contribution in [-0.2, 0) is 0 Å². The molecule has 16 heavy (non-hydrogen) atoms. The zero-order valence-corrected chi connectivity index (χ0v) is 11.0. The van der Waals surface area contributed by atoms with Crippen LogP contribution >= 0.6 is 0 Å². The Hall–Kier alpha value is -1.12. The van der Waals surface area contributed by atoms with E-state index in [1.807, 2.05) is 20.0 Å². The van der Waals surface area contributed by atoms with Crippen LogP contribution in [0.3, 0.4) is 0 Å². The molecule has 1 N–H and O–H groups in total. The van der Waals surface area contributed by atoms with Gasteiger partial charge in [-0.3, -0.25) is 4.98 Å². The normalized spacial score (nSPS) is 14.6. The molecule has 2 atom stereocenters. The van der Waals surface area contributed by atoms with E-state index in [1.165, 1.54) is 12.8 Å². The van der Waals surface area contributed by atoms with E-state index >= 15 is 0 Å². The maximum absolute atomic E-state index is 4.47. The van der Waals surface area contributed by atoms with Gasteiger partial charge in [-0.1, -0.05) is 20.3 Å². The average Bonchev–Trinajstić information content (AvgIpc) is 2.23. The standard InChI is InChI=1S/C13H23N3/c1-6-9(2)7-10(3)15-13-8-14-11(4)12(5)16-13/h8-10H,6-7H2,1-5H3,(H,15,16). The lowest BCUT2D eigenvalue weighted by molar-refractivity contribution is 0.483. The first-order valence-corrected chi connectivity index (χ1v) is 6.09. The van der Waals surface area contributed by atoms with E-state index in [9.17, 15) is 0 Å². The van der Waals surface area contributed by atoms with Gasteiger partial charge in [0.15, 0.2) is 0 Å². The predicted molar refractivity (Wildman–Crippen MR) is 68.7 cm³/mol.